The Labute approximate surface area is 344 Å². The molecule has 0 aromatic heterocycles. The highest BCUT2D eigenvalue weighted by Gasteiger charge is 2.14. The smallest absolute Gasteiger partial charge is 0.322 e. The fourth-order valence-corrected chi connectivity index (χ4v) is 6.48. The fourth-order valence-electron chi connectivity index (χ4n) is 6.48. The number of carbonyl (C=O) groups is 3. The second-order valence-electron chi connectivity index (χ2n) is 15.3. The Morgan fingerprint density at radius 3 is 1.39 bits per heavy atom. The third kappa shape index (κ3) is 43.6. The summed E-state index contributed by atoms with van der Waals surface area (Å²) < 4.78 is 6.03. The van der Waals surface area contributed by atoms with E-state index in [0.717, 1.165) is 122 Å². The minimum atomic E-state index is -1.02. The van der Waals surface area contributed by atoms with Gasteiger partial charge >= 0.3 is 11.9 Å². The van der Waals surface area contributed by atoms with E-state index in [1.807, 2.05) is 0 Å². The number of amides is 1. The van der Waals surface area contributed by atoms with Crippen molar-refractivity contribution >= 4 is 17.8 Å². The summed E-state index contributed by atoms with van der Waals surface area (Å²) in [5, 5.41) is 11.1. The maximum Gasteiger partial charge on any atom is 0.322 e. The molecule has 0 aliphatic rings. The van der Waals surface area contributed by atoms with Crippen molar-refractivity contribution in [3.8, 4) is 0 Å². The van der Waals surface area contributed by atoms with Gasteiger partial charge in [0.05, 0.1) is 0 Å². The number of allylic oxidation sites excluding steroid dienone is 12. The number of carboxylic acid groups (broad SMARTS) is 1. The molecule has 0 spiro atoms. The van der Waals surface area contributed by atoms with E-state index in [-0.39, 0.29) is 24.5 Å². The van der Waals surface area contributed by atoms with Gasteiger partial charge < -0.3 is 15.2 Å². The predicted molar refractivity (Wildman–Crippen MR) is 240 cm³/mol. The van der Waals surface area contributed by atoms with Gasteiger partial charge in [-0.25, -0.2) is 0 Å². The Kier molecular flexibility index (Phi) is 42.1. The van der Waals surface area contributed by atoms with Gasteiger partial charge in [0.1, 0.15) is 12.6 Å². The van der Waals surface area contributed by atoms with Crippen LogP contribution in [0.25, 0.3) is 0 Å². The molecular formula is C50H85NO5. The van der Waals surface area contributed by atoms with Crippen molar-refractivity contribution in [1.29, 1.82) is 0 Å². The van der Waals surface area contributed by atoms with E-state index in [0.29, 0.717) is 12.8 Å². The van der Waals surface area contributed by atoms with Gasteiger partial charge in [-0.2, -0.15) is 0 Å². The first-order valence-corrected chi connectivity index (χ1v) is 23.1. The molecule has 1 unspecified atom stereocenters. The molecule has 0 rings (SSSR count). The summed E-state index contributed by atoms with van der Waals surface area (Å²) in [6, 6.07) is 0. The van der Waals surface area contributed by atoms with Crippen LogP contribution < -0.4 is 5.32 Å². The van der Waals surface area contributed by atoms with Crippen LogP contribution in [0, 0.1) is 0 Å². The Bertz CT molecular complexity index is 1090. The minimum absolute atomic E-state index is 0.0110. The number of carbonyl (C=O) groups excluding carboxylic acids is 2. The zero-order chi connectivity index (χ0) is 40.8. The Hall–Kier alpha value is -3.15. The van der Waals surface area contributed by atoms with Gasteiger partial charge in [0.25, 0.3) is 0 Å². The number of esters is 1. The molecule has 6 heteroatoms. The molecule has 1 atom stereocenters. The molecule has 6 nitrogen and oxygen atoms in total. The summed E-state index contributed by atoms with van der Waals surface area (Å²) in [5.74, 6) is -1.28. The van der Waals surface area contributed by atoms with E-state index in [1.54, 1.807) is 0 Å². The minimum Gasteiger partial charge on any atom is -0.480 e. The van der Waals surface area contributed by atoms with Crippen molar-refractivity contribution < 1.29 is 24.2 Å². The third-order valence-corrected chi connectivity index (χ3v) is 9.86. The first kappa shape index (κ1) is 52.9. The SMILES string of the molecule is CC/C=C\C/C=C\C/C=C\C/C=C\C/C=C\CCCCCC(=O)OC(CCCCC/C=C\CCCCCCCCCC)CCCCCCCC(=O)NCC(=O)O. The zero-order valence-electron chi connectivity index (χ0n) is 36.2. The molecule has 0 aromatic rings. The topological polar surface area (TPSA) is 92.7 Å². The van der Waals surface area contributed by atoms with E-state index in [4.69, 9.17) is 9.84 Å². The second-order valence-corrected chi connectivity index (χ2v) is 15.3. The average Bonchev–Trinajstić information content (AvgIpc) is 3.18. The number of ether oxygens (including phenoxy) is 1. The van der Waals surface area contributed by atoms with Crippen LogP contribution in [0.5, 0.6) is 0 Å². The second kappa shape index (κ2) is 44.6. The summed E-state index contributed by atoms with van der Waals surface area (Å²) >= 11 is 0. The van der Waals surface area contributed by atoms with Crippen molar-refractivity contribution in [2.24, 2.45) is 0 Å². The van der Waals surface area contributed by atoms with Crippen molar-refractivity contribution in [3.05, 3.63) is 72.9 Å². The summed E-state index contributed by atoms with van der Waals surface area (Å²) in [4.78, 5) is 35.1. The van der Waals surface area contributed by atoms with Gasteiger partial charge in [0, 0.05) is 12.8 Å². The molecule has 0 fully saturated rings. The van der Waals surface area contributed by atoms with Crippen LogP contribution in [-0.2, 0) is 19.1 Å². The molecule has 0 saturated carbocycles. The molecule has 56 heavy (non-hydrogen) atoms. The summed E-state index contributed by atoms with van der Waals surface area (Å²) in [6.07, 6.45) is 60.3. The van der Waals surface area contributed by atoms with E-state index < -0.39 is 5.97 Å². The highest BCUT2D eigenvalue weighted by molar-refractivity contribution is 5.80. The van der Waals surface area contributed by atoms with Crippen LogP contribution in [-0.4, -0.2) is 35.6 Å². The molecule has 0 heterocycles. The third-order valence-electron chi connectivity index (χ3n) is 9.86. The molecule has 0 saturated heterocycles. The molecule has 1 amide bonds. The molecule has 0 radical (unpaired) electrons. The first-order valence-electron chi connectivity index (χ1n) is 23.1. The zero-order valence-corrected chi connectivity index (χ0v) is 36.2. The van der Waals surface area contributed by atoms with Gasteiger partial charge in [-0.05, 0) is 109 Å². The van der Waals surface area contributed by atoms with E-state index in [2.05, 4.69) is 92.1 Å². The van der Waals surface area contributed by atoms with Gasteiger partial charge in [-0.3, -0.25) is 14.4 Å². The largest absolute Gasteiger partial charge is 0.480 e. The Morgan fingerprint density at radius 1 is 0.482 bits per heavy atom. The summed E-state index contributed by atoms with van der Waals surface area (Å²) in [7, 11) is 0. The highest BCUT2D eigenvalue weighted by atomic mass is 16.5. The Balaban J connectivity index is 4.28. The monoisotopic (exact) mass is 780 g/mol. The van der Waals surface area contributed by atoms with Crippen molar-refractivity contribution in [3.63, 3.8) is 0 Å². The van der Waals surface area contributed by atoms with Crippen LogP contribution in [0.3, 0.4) is 0 Å². The van der Waals surface area contributed by atoms with Gasteiger partial charge in [-0.15, -0.1) is 0 Å². The van der Waals surface area contributed by atoms with E-state index in [1.165, 1.54) is 64.2 Å². The summed E-state index contributed by atoms with van der Waals surface area (Å²) in [5.41, 5.74) is 0. The number of unbranched alkanes of at least 4 members (excludes halogenated alkanes) is 18. The number of hydrogen-bond donors (Lipinski definition) is 2. The Morgan fingerprint density at radius 2 is 0.875 bits per heavy atom. The van der Waals surface area contributed by atoms with Gasteiger partial charge in [0.15, 0.2) is 0 Å². The highest BCUT2D eigenvalue weighted by Crippen LogP contribution is 2.18. The maximum absolute atomic E-state index is 12.8. The van der Waals surface area contributed by atoms with Crippen LogP contribution >= 0.6 is 0 Å². The number of nitrogens with one attached hydrogen (secondary N) is 1. The van der Waals surface area contributed by atoms with Crippen LogP contribution in [0.4, 0.5) is 0 Å². The van der Waals surface area contributed by atoms with Crippen molar-refractivity contribution in [2.75, 3.05) is 6.54 Å². The van der Waals surface area contributed by atoms with Crippen molar-refractivity contribution in [1.82, 2.24) is 5.32 Å². The molecular weight excluding hydrogens is 695 g/mol. The quantitative estimate of drug-likeness (QED) is 0.0366. The average molecular weight is 780 g/mol. The molecule has 320 valence electrons. The lowest BCUT2D eigenvalue weighted by atomic mass is 10.0. The van der Waals surface area contributed by atoms with Crippen molar-refractivity contribution in [2.45, 2.75) is 219 Å². The lowest BCUT2D eigenvalue weighted by molar-refractivity contribution is -0.150. The molecule has 0 aliphatic carbocycles. The molecule has 0 aromatic carbocycles. The van der Waals surface area contributed by atoms with E-state index in [9.17, 15) is 14.4 Å². The standard InChI is InChI=1S/C50H85NO5/c1-3-5-7-9-11-13-15-17-19-20-21-22-24-26-28-30-32-37-41-45-50(55)56-47(43-39-35-33-36-40-44-48(52)51-46-49(53)54)42-38-34-31-29-27-25-23-18-16-14-12-10-8-6-4-2/h5,7,11,13,17,19,21-22,25-28,47H,3-4,6,8-10,12,14-16,18,20,23-24,29-46H2,1-2H3,(H,51,52)(H,53,54)/b7-5-,13-11-,19-17-,22-21-,27-25-,28-26-. The predicted octanol–water partition coefficient (Wildman–Crippen LogP) is 14.6. The molecule has 0 bridgehead atoms. The van der Waals surface area contributed by atoms with Gasteiger partial charge in [0.2, 0.25) is 5.91 Å². The number of aliphatic carboxylic acids is 1. The lowest BCUT2D eigenvalue weighted by Gasteiger charge is -2.18. The summed E-state index contributed by atoms with van der Waals surface area (Å²) in [6.45, 7) is 4.11. The van der Waals surface area contributed by atoms with E-state index >= 15 is 0 Å². The van der Waals surface area contributed by atoms with Crippen LogP contribution in [0.2, 0.25) is 0 Å². The van der Waals surface area contributed by atoms with Crippen LogP contribution in [0.15, 0.2) is 72.9 Å². The molecule has 0 aliphatic heterocycles. The van der Waals surface area contributed by atoms with Gasteiger partial charge in [-0.1, -0.05) is 164 Å². The normalized spacial score (nSPS) is 12.8. The fraction of sp³-hybridized carbons (Fsp3) is 0.700. The number of hydrogen-bond acceptors (Lipinski definition) is 4. The maximum atomic E-state index is 12.8. The number of rotatable bonds is 41. The molecule has 2 N–H and O–H groups in total. The number of carboxylic acids is 1. The first-order chi connectivity index (χ1) is 27.5. The lowest BCUT2D eigenvalue weighted by Crippen LogP contribution is -2.28. The van der Waals surface area contributed by atoms with Crippen LogP contribution in [0.1, 0.15) is 213 Å².